The molecular formula is C12H18N2OS. The lowest BCUT2D eigenvalue weighted by Crippen LogP contribution is -2.42. The van der Waals surface area contributed by atoms with Crippen LogP contribution in [0.1, 0.15) is 30.3 Å². The van der Waals surface area contributed by atoms with Gasteiger partial charge in [-0.05, 0) is 36.9 Å². The molecule has 0 bridgehead atoms. The molecular weight excluding hydrogens is 220 g/mol. The molecule has 3 nitrogen and oxygen atoms in total. The lowest BCUT2D eigenvalue weighted by atomic mass is 10.0. The first kappa shape index (κ1) is 11.6. The summed E-state index contributed by atoms with van der Waals surface area (Å²) in [5.74, 6) is 0.214. The van der Waals surface area contributed by atoms with Crippen LogP contribution in [0.25, 0.3) is 0 Å². The van der Waals surface area contributed by atoms with Crippen LogP contribution in [0.3, 0.4) is 0 Å². The number of carbonyl (C=O) groups excluding carboxylic acids is 1. The quantitative estimate of drug-likeness (QED) is 0.871. The van der Waals surface area contributed by atoms with Gasteiger partial charge in [0.1, 0.15) is 0 Å². The van der Waals surface area contributed by atoms with Gasteiger partial charge in [-0.25, -0.2) is 0 Å². The predicted molar refractivity (Wildman–Crippen MR) is 66.7 cm³/mol. The van der Waals surface area contributed by atoms with Crippen LogP contribution in [0.5, 0.6) is 0 Å². The Morgan fingerprint density at radius 1 is 1.69 bits per heavy atom. The van der Waals surface area contributed by atoms with E-state index in [1.54, 1.807) is 0 Å². The van der Waals surface area contributed by atoms with Gasteiger partial charge >= 0.3 is 0 Å². The fourth-order valence-corrected chi connectivity index (χ4v) is 3.15. The maximum absolute atomic E-state index is 12.0. The van der Waals surface area contributed by atoms with Crippen molar-refractivity contribution in [3.8, 4) is 0 Å². The Bertz CT molecular complexity index is 375. The summed E-state index contributed by atoms with van der Waals surface area (Å²) in [6.07, 6.45) is 1.01. The zero-order valence-corrected chi connectivity index (χ0v) is 10.6. The first-order valence-corrected chi connectivity index (χ1v) is 6.68. The van der Waals surface area contributed by atoms with Crippen LogP contribution in [0.2, 0.25) is 0 Å². The number of rotatable bonds is 3. The Morgan fingerprint density at radius 3 is 3.25 bits per heavy atom. The van der Waals surface area contributed by atoms with Crippen LogP contribution in [-0.4, -0.2) is 30.4 Å². The number of amides is 1. The van der Waals surface area contributed by atoms with Crippen molar-refractivity contribution in [3.05, 3.63) is 21.9 Å². The first-order valence-electron chi connectivity index (χ1n) is 5.80. The molecule has 0 saturated heterocycles. The second-order valence-corrected chi connectivity index (χ2v) is 5.09. The van der Waals surface area contributed by atoms with E-state index in [-0.39, 0.29) is 11.9 Å². The largest absolute Gasteiger partial charge is 0.334 e. The Kier molecular flexibility index (Phi) is 3.61. The molecule has 1 aliphatic heterocycles. The Labute approximate surface area is 100 Å². The number of hydrogen-bond acceptors (Lipinski definition) is 3. The van der Waals surface area contributed by atoms with Gasteiger partial charge in [0.05, 0.1) is 12.6 Å². The van der Waals surface area contributed by atoms with Gasteiger partial charge < -0.3 is 10.2 Å². The molecule has 0 spiro atoms. The van der Waals surface area contributed by atoms with Crippen LogP contribution >= 0.6 is 11.3 Å². The highest BCUT2D eigenvalue weighted by Gasteiger charge is 2.27. The Balaban J connectivity index is 2.06. The summed E-state index contributed by atoms with van der Waals surface area (Å²) in [6, 6.07) is 2.39. The molecule has 1 amide bonds. The van der Waals surface area contributed by atoms with E-state index in [1.165, 1.54) is 10.4 Å². The third-order valence-electron chi connectivity index (χ3n) is 3.12. The second kappa shape index (κ2) is 4.97. The molecule has 0 radical (unpaired) electrons. The van der Waals surface area contributed by atoms with Crippen molar-refractivity contribution in [2.24, 2.45) is 0 Å². The topological polar surface area (TPSA) is 32.3 Å². The molecule has 0 aliphatic carbocycles. The van der Waals surface area contributed by atoms with Crippen LogP contribution in [-0.2, 0) is 11.2 Å². The molecule has 2 rings (SSSR count). The first-order chi connectivity index (χ1) is 7.74. The highest BCUT2D eigenvalue weighted by molar-refractivity contribution is 7.10. The van der Waals surface area contributed by atoms with Crippen molar-refractivity contribution < 1.29 is 4.79 Å². The van der Waals surface area contributed by atoms with E-state index in [0.29, 0.717) is 6.54 Å². The smallest absolute Gasteiger partial charge is 0.237 e. The molecule has 88 valence electrons. The average Bonchev–Trinajstić information content (AvgIpc) is 2.75. The fourth-order valence-electron chi connectivity index (χ4n) is 2.18. The van der Waals surface area contributed by atoms with Crippen molar-refractivity contribution >= 4 is 17.2 Å². The Morgan fingerprint density at radius 2 is 2.50 bits per heavy atom. The summed E-state index contributed by atoms with van der Waals surface area (Å²) in [7, 11) is 0. The minimum Gasteiger partial charge on any atom is -0.334 e. The van der Waals surface area contributed by atoms with E-state index in [9.17, 15) is 4.79 Å². The van der Waals surface area contributed by atoms with E-state index in [4.69, 9.17) is 0 Å². The molecule has 16 heavy (non-hydrogen) atoms. The summed E-state index contributed by atoms with van der Waals surface area (Å²) in [5.41, 5.74) is 1.33. The normalized spacial score (nSPS) is 19.6. The van der Waals surface area contributed by atoms with Gasteiger partial charge in [0.2, 0.25) is 5.91 Å². The van der Waals surface area contributed by atoms with Gasteiger partial charge in [0.25, 0.3) is 0 Å². The maximum atomic E-state index is 12.0. The van der Waals surface area contributed by atoms with Crippen molar-refractivity contribution in [3.63, 3.8) is 0 Å². The highest BCUT2D eigenvalue weighted by atomic mass is 32.1. The summed E-state index contributed by atoms with van der Waals surface area (Å²) in [5, 5.41) is 5.22. The number of thiophene rings is 1. The molecule has 0 saturated carbocycles. The van der Waals surface area contributed by atoms with Crippen molar-refractivity contribution in [2.75, 3.05) is 19.6 Å². The number of nitrogens with zero attached hydrogens (tertiary/aromatic N) is 1. The molecule has 0 fully saturated rings. The minimum absolute atomic E-state index is 0.214. The molecule has 1 aromatic rings. The lowest BCUT2D eigenvalue weighted by molar-refractivity contribution is -0.132. The predicted octanol–water partition coefficient (Wildman–Crippen LogP) is 1.80. The van der Waals surface area contributed by atoms with Crippen molar-refractivity contribution in [2.45, 2.75) is 26.3 Å². The Hall–Kier alpha value is -0.870. The van der Waals surface area contributed by atoms with Crippen LogP contribution in [0.15, 0.2) is 11.4 Å². The van der Waals surface area contributed by atoms with Gasteiger partial charge in [-0.15, -0.1) is 11.3 Å². The molecule has 1 aromatic heterocycles. The average molecular weight is 238 g/mol. The SMILES string of the molecule is CCNCC(=O)N1CCc2sccc2C1C. The van der Waals surface area contributed by atoms with Gasteiger partial charge in [-0.3, -0.25) is 4.79 Å². The van der Waals surface area contributed by atoms with Crippen LogP contribution < -0.4 is 5.32 Å². The van der Waals surface area contributed by atoms with Crippen molar-refractivity contribution in [1.82, 2.24) is 10.2 Å². The number of carbonyl (C=O) groups is 1. The molecule has 4 heteroatoms. The standard InChI is InChI=1S/C12H18N2OS/c1-3-13-8-12(15)14-6-4-11-10(9(14)2)5-7-16-11/h5,7,9,13H,3-4,6,8H2,1-2H3. The molecule has 1 N–H and O–H groups in total. The molecule has 0 aromatic carbocycles. The molecule has 1 unspecified atom stereocenters. The van der Waals surface area contributed by atoms with Gasteiger partial charge in [0.15, 0.2) is 0 Å². The number of fused-ring (bicyclic) bond motifs is 1. The van der Waals surface area contributed by atoms with Crippen molar-refractivity contribution in [1.29, 1.82) is 0 Å². The third kappa shape index (κ3) is 2.13. The zero-order chi connectivity index (χ0) is 11.5. The monoisotopic (exact) mass is 238 g/mol. The zero-order valence-electron chi connectivity index (χ0n) is 9.82. The minimum atomic E-state index is 0.214. The van der Waals surface area contributed by atoms with Gasteiger partial charge in [0, 0.05) is 11.4 Å². The molecule has 1 atom stereocenters. The maximum Gasteiger partial charge on any atom is 0.237 e. The summed E-state index contributed by atoms with van der Waals surface area (Å²) >= 11 is 1.81. The number of nitrogens with one attached hydrogen (secondary N) is 1. The molecule has 2 heterocycles. The fraction of sp³-hybridized carbons (Fsp3) is 0.583. The summed E-state index contributed by atoms with van der Waals surface area (Å²) in [4.78, 5) is 15.4. The van der Waals surface area contributed by atoms with Gasteiger partial charge in [-0.2, -0.15) is 0 Å². The number of likely N-dealkylation sites (N-methyl/N-ethyl adjacent to an activating group) is 1. The third-order valence-corrected chi connectivity index (χ3v) is 4.12. The van der Waals surface area contributed by atoms with Crippen LogP contribution in [0, 0.1) is 0 Å². The van der Waals surface area contributed by atoms with E-state index < -0.39 is 0 Å². The van der Waals surface area contributed by atoms with E-state index >= 15 is 0 Å². The second-order valence-electron chi connectivity index (χ2n) is 4.09. The van der Waals surface area contributed by atoms with E-state index in [1.807, 2.05) is 23.2 Å². The van der Waals surface area contributed by atoms with E-state index in [0.717, 1.165) is 19.5 Å². The lowest BCUT2D eigenvalue weighted by Gasteiger charge is -2.33. The molecule has 1 aliphatic rings. The van der Waals surface area contributed by atoms with Crippen LogP contribution in [0.4, 0.5) is 0 Å². The number of hydrogen-bond donors (Lipinski definition) is 1. The summed E-state index contributed by atoms with van der Waals surface area (Å²) < 4.78 is 0. The van der Waals surface area contributed by atoms with E-state index in [2.05, 4.69) is 23.7 Å². The van der Waals surface area contributed by atoms with Gasteiger partial charge in [-0.1, -0.05) is 6.92 Å². The summed E-state index contributed by atoms with van der Waals surface area (Å²) in [6.45, 7) is 6.30. The highest BCUT2D eigenvalue weighted by Crippen LogP contribution is 2.32.